The van der Waals surface area contributed by atoms with Gasteiger partial charge in [0.05, 0.1) is 7.11 Å². The summed E-state index contributed by atoms with van der Waals surface area (Å²) in [5, 5.41) is 0. The van der Waals surface area contributed by atoms with Crippen molar-refractivity contribution in [2.45, 2.75) is 19.9 Å². The molecule has 10 heavy (non-hydrogen) atoms. The van der Waals surface area contributed by atoms with Gasteiger partial charge < -0.3 is 5.73 Å². The second-order valence-corrected chi connectivity index (χ2v) is 3.03. The molecule has 0 saturated carbocycles. The molecule has 0 saturated heterocycles. The molecule has 0 rings (SSSR count). The van der Waals surface area contributed by atoms with Crippen molar-refractivity contribution < 1.29 is 17.2 Å². The normalized spacial score (nSPS) is 10.6. The third-order valence-electron chi connectivity index (χ3n) is 0.211. The Labute approximate surface area is 61.1 Å². The predicted molar refractivity (Wildman–Crippen MR) is 37.9 cm³/mol. The highest BCUT2D eigenvalue weighted by Crippen LogP contribution is 1.74. The molecule has 6 heteroatoms. The Kier molecular flexibility index (Phi) is 7.00. The Morgan fingerprint density at radius 1 is 1.50 bits per heavy atom. The fourth-order valence-electron chi connectivity index (χ4n) is 0. The number of hydrogen-bond donors (Lipinski definition) is 2. The largest absolute Gasteiger partial charge is 0.397 e. The monoisotopic (exact) mass is 171 g/mol. The molecule has 0 aromatic rings. The third-order valence-corrected chi connectivity index (χ3v) is 0.632. The molecule has 0 aromatic carbocycles. The van der Waals surface area contributed by atoms with Crippen molar-refractivity contribution >= 4 is 10.4 Å². The van der Waals surface area contributed by atoms with E-state index in [0.717, 1.165) is 7.11 Å². The van der Waals surface area contributed by atoms with Crippen LogP contribution >= 0.6 is 0 Å². The summed E-state index contributed by atoms with van der Waals surface area (Å²) in [6.45, 7) is 3.89. The van der Waals surface area contributed by atoms with Gasteiger partial charge in [-0.15, -0.1) is 0 Å². The molecule has 0 heterocycles. The van der Waals surface area contributed by atoms with Crippen LogP contribution in [0.25, 0.3) is 0 Å². The van der Waals surface area contributed by atoms with Crippen LogP contribution in [0.1, 0.15) is 13.8 Å². The van der Waals surface area contributed by atoms with Gasteiger partial charge in [-0.1, -0.05) is 13.8 Å². The van der Waals surface area contributed by atoms with Crippen molar-refractivity contribution in [3.8, 4) is 0 Å². The lowest BCUT2D eigenvalue weighted by molar-refractivity contribution is 0.324. The van der Waals surface area contributed by atoms with E-state index in [4.69, 9.17) is 10.3 Å². The number of hydrogen-bond acceptors (Lipinski definition) is 4. The van der Waals surface area contributed by atoms with Crippen LogP contribution in [-0.2, 0) is 14.6 Å². The minimum Gasteiger partial charge on any atom is -0.328 e. The molecule has 0 aliphatic rings. The molecule has 0 atom stereocenters. The van der Waals surface area contributed by atoms with E-state index in [1.165, 1.54) is 0 Å². The van der Waals surface area contributed by atoms with E-state index >= 15 is 0 Å². The van der Waals surface area contributed by atoms with Crippen LogP contribution < -0.4 is 5.73 Å². The average molecular weight is 171 g/mol. The van der Waals surface area contributed by atoms with Crippen molar-refractivity contribution in [1.29, 1.82) is 0 Å². The van der Waals surface area contributed by atoms with E-state index in [1.54, 1.807) is 0 Å². The van der Waals surface area contributed by atoms with Gasteiger partial charge in [0.1, 0.15) is 0 Å². The summed E-state index contributed by atoms with van der Waals surface area (Å²) in [5.74, 6) is 0. The first-order valence-electron chi connectivity index (χ1n) is 2.58. The quantitative estimate of drug-likeness (QED) is 0.533. The van der Waals surface area contributed by atoms with Crippen LogP contribution in [0.4, 0.5) is 0 Å². The fraction of sp³-hybridized carbons (Fsp3) is 1.00. The van der Waals surface area contributed by atoms with Crippen molar-refractivity contribution in [1.82, 2.24) is 0 Å². The van der Waals surface area contributed by atoms with Gasteiger partial charge in [-0.05, 0) is 6.04 Å². The van der Waals surface area contributed by atoms with Gasteiger partial charge in [-0.2, -0.15) is 8.42 Å². The maximum absolute atomic E-state index is 9.33. The molecule has 0 fully saturated rings. The Morgan fingerprint density at radius 3 is 1.60 bits per heavy atom. The maximum Gasteiger partial charge on any atom is 0.397 e. The molecule has 0 amide bonds. The summed E-state index contributed by atoms with van der Waals surface area (Å²) in [6.07, 6.45) is 0. The summed E-state index contributed by atoms with van der Waals surface area (Å²) < 4.78 is 29.7. The van der Waals surface area contributed by atoms with E-state index in [9.17, 15) is 8.42 Å². The van der Waals surface area contributed by atoms with E-state index in [1.807, 2.05) is 13.8 Å². The van der Waals surface area contributed by atoms with E-state index < -0.39 is 10.4 Å². The van der Waals surface area contributed by atoms with Crippen LogP contribution in [-0.4, -0.2) is 26.1 Å². The Hall–Kier alpha value is -0.170. The molecule has 64 valence electrons. The summed E-state index contributed by atoms with van der Waals surface area (Å²) in [6, 6.07) is 0.333. The fourth-order valence-corrected chi connectivity index (χ4v) is 0. The first kappa shape index (κ1) is 12.5. The highest BCUT2D eigenvalue weighted by atomic mass is 32.3. The molecule has 5 nitrogen and oxygen atoms in total. The van der Waals surface area contributed by atoms with Crippen molar-refractivity contribution in [3.63, 3.8) is 0 Å². The zero-order chi connectivity index (χ0) is 8.78. The Balaban J connectivity index is 0. The van der Waals surface area contributed by atoms with Gasteiger partial charge in [-0.3, -0.25) is 8.74 Å². The number of rotatable bonds is 1. The predicted octanol–water partition coefficient (Wildman–Crippen LogP) is -0.211. The zero-order valence-electron chi connectivity index (χ0n) is 6.23. The van der Waals surface area contributed by atoms with Gasteiger partial charge in [0.2, 0.25) is 0 Å². The summed E-state index contributed by atoms with van der Waals surface area (Å²) in [4.78, 5) is 0. The van der Waals surface area contributed by atoms with Crippen LogP contribution in [0.5, 0.6) is 0 Å². The average Bonchev–Trinajstić information content (AvgIpc) is 1.63. The van der Waals surface area contributed by atoms with E-state index in [2.05, 4.69) is 4.18 Å². The van der Waals surface area contributed by atoms with Gasteiger partial charge in [0.15, 0.2) is 0 Å². The zero-order valence-corrected chi connectivity index (χ0v) is 7.05. The summed E-state index contributed by atoms with van der Waals surface area (Å²) in [7, 11) is -3.29. The molecule has 0 aromatic heterocycles. The summed E-state index contributed by atoms with van der Waals surface area (Å²) >= 11 is 0. The molecule has 0 aliphatic carbocycles. The van der Waals surface area contributed by atoms with Crippen LogP contribution in [0.15, 0.2) is 0 Å². The molecule has 0 bridgehead atoms. The third kappa shape index (κ3) is 45.6. The smallest absolute Gasteiger partial charge is 0.328 e. The molecule has 0 aliphatic heterocycles. The molecule has 0 unspecified atom stereocenters. The van der Waals surface area contributed by atoms with Gasteiger partial charge in [0.25, 0.3) is 0 Å². The van der Waals surface area contributed by atoms with Crippen molar-refractivity contribution in [2.24, 2.45) is 5.73 Å². The van der Waals surface area contributed by atoms with Gasteiger partial charge in [0, 0.05) is 0 Å². The lowest BCUT2D eigenvalue weighted by Crippen LogP contribution is -2.06. The topological polar surface area (TPSA) is 89.6 Å². The molecule has 0 spiro atoms. The lowest BCUT2D eigenvalue weighted by Gasteiger charge is -1.82. The first-order chi connectivity index (χ1) is 4.29. The van der Waals surface area contributed by atoms with Gasteiger partial charge >= 0.3 is 10.4 Å². The van der Waals surface area contributed by atoms with Crippen LogP contribution in [0, 0.1) is 0 Å². The van der Waals surface area contributed by atoms with E-state index in [0.29, 0.717) is 6.04 Å². The molecular weight excluding hydrogens is 158 g/mol. The SMILES string of the molecule is CC(C)N.COS(=O)(=O)O. The second-order valence-electron chi connectivity index (χ2n) is 1.84. The first-order valence-corrected chi connectivity index (χ1v) is 3.94. The van der Waals surface area contributed by atoms with Gasteiger partial charge in [-0.25, -0.2) is 0 Å². The standard InChI is InChI=1S/C3H9N.CH4O4S/c1-3(2)4;1-5-6(2,3)4/h3H,4H2,1-2H3;1H3,(H,2,3,4). The molecule has 3 N–H and O–H groups in total. The summed E-state index contributed by atoms with van der Waals surface area (Å²) in [5.41, 5.74) is 5.11. The van der Waals surface area contributed by atoms with Crippen LogP contribution in [0.3, 0.4) is 0 Å². The van der Waals surface area contributed by atoms with E-state index in [-0.39, 0.29) is 0 Å². The minimum atomic E-state index is -4.16. The highest BCUT2D eigenvalue weighted by molar-refractivity contribution is 7.80. The second kappa shape index (κ2) is 5.60. The van der Waals surface area contributed by atoms with Crippen molar-refractivity contribution in [2.75, 3.05) is 7.11 Å². The Bertz CT molecular complexity index is 148. The highest BCUT2D eigenvalue weighted by Gasteiger charge is 1.93. The van der Waals surface area contributed by atoms with Crippen LogP contribution in [0.2, 0.25) is 0 Å². The lowest BCUT2D eigenvalue weighted by atomic mass is 10.5. The van der Waals surface area contributed by atoms with Crippen molar-refractivity contribution in [3.05, 3.63) is 0 Å². The maximum atomic E-state index is 9.33. The number of nitrogens with two attached hydrogens (primary N) is 1. The molecular formula is C4H13NO4S. The molecule has 0 radical (unpaired) electrons. The Morgan fingerprint density at radius 2 is 1.60 bits per heavy atom. The minimum absolute atomic E-state index is 0.333.